The minimum atomic E-state index is -4.77. The third-order valence-electron chi connectivity index (χ3n) is 4.11. The van der Waals surface area contributed by atoms with Gasteiger partial charge in [-0.25, -0.2) is 4.98 Å². The van der Waals surface area contributed by atoms with Crippen molar-refractivity contribution in [3.8, 4) is 5.75 Å². The predicted octanol–water partition coefficient (Wildman–Crippen LogP) is 4.00. The number of thiophene rings is 1. The maximum absolute atomic E-state index is 12.6. The second kappa shape index (κ2) is 7.63. The largest absolute Gasteiger partial charge is 0.573 e. The Labute approximate surface area is 161 Å². The SMILES string of the molecule is Cc1sc2ncn(CCC(=O)Nc3ccc(OC(F)(F)F)cc3)c(=O)c2c1C. The first-order valence-corrected chi connectivity index (χ1v) is 9.06. The lowest BCUT2D eigenvalue weighted by Crippen LogP contribution is -2.23. The second-order valence-electron chi connectivity index (χ2n) is 6.08. The Bertz CT molecular complexity index is 1070. The van der Waals surface area contributed by atoms with E-state index in [4.69, 9.17) is 0 Å². The number of hydrogen-bond acceptors (Lipinski definition) is 5. The number of ether oxygens (including phenoxy) is 1. The van der Waals surface area contributed by atoms with E-state index in [0.29, 0.717) is 15.9 Å². The number of nitrogens with one attached hydrogen (secondary N) is 1. The van der Waals surface area contributed by atoms with Gasteiger partial charge in [0.05, 0.1) is 11.7 Å². The number of fused-ring (bicyclic) bond motifs is 1. The van der Waals surface area contributed by atoms with E-state index in [2.05, 4.69) is 15.0 Å². The first-order valence-electron chi connectivity index (χ1n) is 8.25. The second-order valence-corrected chi connectivity index (χ2v) is 7.28. The molecule has 28 heavy (non-hydrogen) atoms. The molecule has 0 unspecified atom stereocenters. The minimum Gasteiger partial charge on any atom is -0.406 e. The van der Waals surface area contributed by atoms with Crippen LogP contribution in [-0.4, -0.2) is 21.8 Å². The van der Waals surface area contributed by atoms with E-state index < -0.39 is 6.36 Å². The van der Waals surface area contributed by atoms with E-state index in [1.165, 1.54) is 34.4 Å². The molecule has 3 aromatic rings. The van der Waals surface area contributed by atoms with Gasteiger partial charge in [0.25, 0.3) is 5.56 Å². The molecule has 0 fully saturated rings. The van der Waals surface area contributed by atoms with Gasteiger partial charge >= 0.3 is 6.36 Å². The molecule has 0 saturated heterocycles. The summed E-state index contributed by atoms with van der Waals surface area (Å²) in [6.07, 6.45) is -3.35. The number of hydrogen-bond donors (Lipinski definition) is 1. The van der Waals surface area contributed by atoms with Crippen LogP contribution in [0.25, 0.3) is 10.2 Å². The molecular weight excluding hydrogens is 395 g/mol. The van der Waals surface area contributed by atoms with E-state index >= 15 is 0 Å². The van der Waals surface area contributed by atoms with Gasteiger partial charge in [0.1, 0.15) is 10.6 Å². The zero-order chi connectivity index (χ0) is 20.5. The van der Waals surface area contributed by atoms with Crippen LogP contribution in [0.15, 0.2) is 35.4 Å². The van der Waals surface area contributed by atoms with Gasteiger partial charge in [0.15, 0.2) is 0 Å². The van der Waals surface area contributed by atoms with Crippen molar-refractivity contribution in [2.45, 2.75) is 33.2 Å². The Hall–Kier alpha value is -2.88. The molecule has 2 aromatic heterocycles. The zero-order valence-electron chi connectivity index (χ0n) is 15.0. The molecule has 0 aliphatic carbocycles. The van der Waals surface area contributed by atoms with E-state index in [9.17, 15) is 22.8 Å². The molecule has 0 aliphatic heterocycles. The average Bonchev–Trinajstić information content (AvgIpc) is 2.90. The maximum atomic E-state index is 12.6. The van der Waals surface area contributed by atoms with E-state index in [-0.39, 0.29) is 30.2 Å². The minimum absolute atomic E-state index is 0.00998. The van der Waals surface area contributed by atoms with E-state index in [0.717, 1.165) is 22.6 Å². The normalized spacial score (nSPS) is 11.6. The molecule has 10 heteroatoms. The number of aryl methyl sites for hydroxylation is 3. The fourth-order valence-corrected chi connectivity index (χ4v) is 3.60. The Balaban J connectivity index is 1.63. The first kappa shape index (κ1) is 19.9. The van der Waals surface area contributed by atoms with Crippen molar-refractivity contribution >= 4 is 33.1 Å². The number of alkyl halides is 3. The predicted molar refractivity (Wildman–Crippen MR) is 99.7 cm³/mol. The summed E-state index contributed by atoms with van der Waals surface area (Å²) in [6.45, 7) is 3.92. The van der Waals surface area contributed by atoms with Crippen molar-refractivity contribution in [2.75, 3.05) is 5.32 Å². The lowest BCUT2D eigenvalue weighted by atomic mass is 10.2. The smallest absolute Gasteiger partial charge is 0.406 e. The van der Waals surface area contributed by atoms with Crippen molar-refractivity contribution in [1.82, 2.24) is 9.55 Å². The highest BCUT2D eigenvalue weighted by Gasteiger charge is 2.30. The summed E-state index contributed by atoms with van der Waals surface area (Å²) >= 11 is 1.45. The van der Waals surface area contributed by atoms with Gasteiger partial charge in [-0.15, -0.1) is 24.5 Å². The summed E-state index contributed by atoms with van der Waals surface area (Å²) in [5, 5.41) is 3.13. The van der Waals surface area contributed by atoms with Crippen LogP contribution < -0.4 is 15.6 Å². The number of halogens is 3. The lowest BCUT2D eigenvalue weighted by Gasteiger charge is -2.10. The summed E-state index contributed by atoms with van der Waals surface area (Å²) < 4.78 is 41.6. The third-order valence-corrected chi connectivity index (χ3v) is 5.22. The molecular formula is C18H16F3N3O3S. The molecule has 0 bridgehead atoms. The van der Waals surface area contributed by atoms with Crippen molar-refractivity contribution in [2.24, 2.45) is 0 Å². The summed E-state index contributed by atoms with van der Waals surface area (Å²) in [5.74, 6) is -0.757. The van der Waals surface area contributed by atoms with E-state index in [1.807, 2.05) is 13.8 Å². The number of aromatic nitrogens is 2. The third kappa shape index (κ3) is 4.50. The quantitative estimate of drug-likeness (QED) is 0.689. The van der Waals surface area contributed by atoms with Gasteiger partial charge in [-0.1, -0.05) is 0 Å². The van der Waals surface area contributed by atoms with Gasteiger partial charge in [-0.3, -0.25) is 14.2 Å². The fourth-order valence-electron chi connectivity index (χ4n) is 2.61. The first-order chi connectivity index (χ1) is 13.1. The average molecular weight is 411 g/mol. The fraction of sp³-hybridized carbons (Fsp3) is 0.278. The number of carbonyl (C=O) groups is 1. The van der Waals surface area contributed by atoms with Crippen molar-refractivity contribution in [3.63, 3.8) is 0 Å². The Morgan fingerprint density at radius 1 is 1.25 bits per heavy atom. The van der Waals surface area contributed by atoms with Crippen LogP contribution in [0, 0.1) is 13.8 Å². The van der Waals surface area contributed by atoms with Crippen LogP contribution in [-0.2, 0) is 11.3 Å². The highest BCUT2D eigenvalue weighted by molar-refractivity contribution is 7.18. The molecule has 6 nitrogen and oxygen atoms in total. The molecule has 1 amide bonds. The molecule has 0 radical (unpaired) electrons. The Morgan fingerprint density at radius 3 is 2.57 bits per heavy atom. The lowest BCUT2D eigenvalue weighted by molar-refractivity contribution is -0.274. The standard InChI is InChI=1S/C18H16F3N3O3S/c1-10-11(2)28-16-15(10)17(26)24(9-22-16)8-7-14(25)23-12-3-5-13(6-4-12)27-18(19,20)21/h3-6,9H,7-8H2,1-2H3,(H,23,25). The number of anilines is 1. The van der Waals surface area contributed by atoms with Gasteiger partial charge in [-0.2, -0.15) is 0 Å². The van der Waals surface area contributed by atoms with Crippen molar-refractivity contribution in [3.05, 3.63) is 51.4 Å². The van der Waals surface area contributed by atoms with Crippen LogP contribution >= 0.6 is 11.3 Å². The zero-order valence-corrected chi connectivity index (χ0v) is 15.8. The van der Waals surface area contributed by atoms with Crippen LogP contribution in [0.2, 0.25) is 0 Å². The molecule has 0 aliphatic rings. The van der Waals surface area contributed by atoms with Gasteiger partial charge < -0.3 is 10.1 Å². The molecule has 3 rings (SSSR count). The Kier molecular flexibility index (Phi) is 5.41. The van der Waals surface area contributed by atoms with Crippen LogP contribution in [0.1, 0.15) is 16.9 Å². The number of rotatable bonds is 5. The van der Waals surface area contributed by atoms with Gasteiger partial charge in [0.2, 0.25) is 5.91 Å². The van der Waals surface area contributed by atoms with Crippen LogP contribution in [0.3, 0.4) is 0 Å². The monoisotopic (exact) mass is 411 g/mol. The van der Waals surface area contributed by atoms with E-state index in [1.54, 1.807) is 0 Å². The number of carbonyl (C=O) groups excluding carboxylic acids is 1. The van der Waals surface area contributed by atoms with Crippen molar-refractivity contribution < 1.29 is 22.7 Å². The van der Waals surface area contributed by atoms with Crippen molar-refractivity contribution in [1.29, 1.82) is 0 Å². The van der Waals surface area contributed by atoms with Crippen LogP contribution in [0.4, 0.5) is 18.9 Å². The molecule has 0 spiro atoms. The van der Waals surface area contributed by atoms with Gasteiger partial charge in [0, 0.05) is 23.5 Å². The maximum Gasteiger partial charge on any atom is 0.573 e. The molecule has 1 N–H and O–H groups in total. The summed E-state index contributed by atoms with van der Waals surface area (Å²) in [6, 6.07) is 4.81. The van der Waals surface area contributed by atoms with Gasteiger partial charge in [-0.05, 0) is 43.7 Å². The number of benzene rings is 1. The molecule has 0 saturated carbocycles. The molecule has 0 atom stereocenters. The highest BCUT2D eigenvalue weighted by Crippen LogP contribution is 2.26. The number of nitrogens with zero attached hydrogens (tertiary/aromatic N) is 2. The summed E-state index contributed by atoms with van der Waals surface area (Å²) in [7, 11) is 0. The molecule has 2 heterocycles. The molecule has 148 valence electrons. The summed E-state index contributed by atoms with van der Waals surface area (Å²) in [4.78, 5) is 30.6. The molecule has 1 aromatic carbocycles. The summed E-state index contributed by atoms with van der Waals surface area (Å²) in [5.41, 5.74) is 1.01. The topological polar surface area (TPSA) is 73.2 Å². The highest BCUT2D eigenvalue weighted by atomic mass is 32.1. The Morgan fingerprint density at radius 2 is 1.93 bits per heavy atom. The van der Waals surface area contributed by atoms with Crippen LogP contribution in [0.5, 0.6) is 5.75 Å². The number of amides is 1.